The second-order valence-electron chi connectivity index (χ2n) is 5.55. The molecule has 2 N–H and O–H groups in total. The quantitative estimate of drug-likeness (QED) is 0.238. The number of amides is 2. The van der Waals surface area contributed by atoms with Crippen molar-refractivity contribution in [3.63, 3.8) is 0 Å². The molecule has 0 heterocycles. The van der Waals surface area contributed by atoms with Crippen LogP contribution in [0.4, 0.5) is 5.69 Å². The molecule has 0 aromatic heterocycles. The Morgan fingerprint density at radius 1 is 1.07 bits per heavy atom. The summed E-state index contributed by atoms with van der Waals surface area (Å²) in [7, 11) is 1.28. The maximum absolute atomic E-state index is 11.9. The van der Waals surface area contributed by atoms with Crippen molar-refractivity contribution in [2.75, 3.05) is 19.0 Å². The van der Waals surface area contributed by atoms with Crippen LogP contribution in [0, 0.1) is 0 Å². The van der Waals surface area contributed by atoms with Gasteiger partial charge in [-0.25, -0.2) is 10.2 Å². The summed E-state index contributed by atoms with van der Waals surface area (Å²) in [5.74, 6) is -1.04. The van der Waals surface area contributed by atoms with E-state index in [2.05, 4.69) is 52.4 Å². The van der Waals surface area contributed by atoms with E-state index in [1.54, 1.807) is 36.4 Å². The van der Waals surface area contributed by atoms with Gasteiger partial charge in [0.25, 0.3) is 0 Å². The van der Waals surface area contributed by atoms with E-state index in [0.29, 0.717) is 21.5 Å². The van der Waals surface area contributed by atoms with Gasteiger partial charge in [-0.2, -0.15) is 5.10 Å². The molecule has 0 saturated heterocycles. The molecule has 152 valence electrons. The Hall–Kier alpha value is -2.72. The minimum Gasteiger partial charge on any atom is -0.481 e. The van der Waals surface area contributed by atoms with Crippen LogP contribution in [0.15, 0.2) is 56.5 Å². The minimum absolute atomic E-state index is 0.208. The summed E-state index contributed by atoms with van der Waals surface area (Å²) in [4.78, 5) is 34.9. The molecule has 2 rings (SSSR count). The first-order chi connectivity index (χ1) is 13.9. The van der Waals surface area contributed by atoms with E-state index in [1.807, 2.05) is 6.07 Å². The summed E-state index contributed by atoms with van der Waals surface area (Å²) in [6.45, 7) is -0.208. The predicted octanol–water partition coefficient (Wildman–Crippen LogP) is 3.24. The van der Waals surface area contributed by atoms with Gasteiger partial charge in [0.15, 0.2) is 6.61 Å². The summed E-state index contributed by atoms with van der Waals surface area (Å²) < 4.78 is 11.1. The third kappa shape index (κ3) is 7.66. The summed E-state index contributed by atoms with van der Waals surface area (Å²) in [6, 6.07) is 12.1. The Kier molecular flexibility index (Phi) is 8.81. The van der Waals surface area contributed by atoms with Gasteiger partial charge in [-0.05, 0) is 67.8 Å². The standard InChI is InChI=1S/C19H17Br2N3O5/c1-28-19(27)11-29-16-7-6-12(8-14(16)21)10-22-24-18(26)9-17(25)23-15-5-3-2-4-13(15)20/h2-8,10H,9,11H2,1H3,(H,23,25)(H,24,26). The van der Waals surface area contributed by atoms with Crippen molar-refractivity contribution in [2.45, 2.75) is 6.42 Å². The topological polar surface area (TPSA) is 106 Å². The van der Waals surface area contributed by atoms with Crippen molar-refractivity contribution in [2.24, 2.45) is 5.10 Å². The highest BCUT2D eigenvalue weighted by atomic mass is 79.9. The molecule has 0 atom stereocenters. The largest absolute Gasteiger partial charge is 0.481 e. The fraction of sp³-hybridized carbons (Fsp3) is 0.158. The van der Waals surface area contributed by atoms with Crippen molar-refractivity contribution >= 4 is 61.5 Å². The zero-order chi connectivity index (χ0) is 21.2. The maximum Gasteiger partial charge on any atom is 0.343 e. The van der Waals surface area contributed by atoms with E-state index < -0.39 is 17.8 Å². The normalized spacial score (nSPS) is 10.4. The van der Waals surface area contributed by atoms with Crippen LogP contribution in [0.25, 0.3) is 0 Å². The van der Waals surface area contributed by atoms with Crippen molar-refractivity contribution in [3.05, 3.63) is 57.0 Å². The third-order valence-electron chi connectivity index (χ3n) is 3.40. The van der Waals surface area contributed by atoms with Crippen LogP contribution in [0.3, 0.4) is 0 Å². The van der Waals surface area contributed by atoms with Crippen LogP contribution in [-0.4, -0.2) is 37.7 Å². The van der Waals surface area contributed by atoms with Crippen LogP contribution in [0.2, 0.25) is 0 Å². The molecule has 29 heavy (non-hydrogen) atoms. The van der Waals surface area contributed by atoms with Gasteiger partial charge in [-0.15, -0.1) is 0 Å². The summed E-state index contributed by atoms with van der Waals surface area (Å²) in [5, 5.41) is 6.46. The molecule has 0 aliphatic rings. The molecule has 0 aliphatic carbocycles. The van der Waals surface area contributed by atoms with Crippen LogP contribution >= 0.6 is 31.9 Å². The first-order valence-corrected chi connectivity index (χ1v) is 9.83. The highest BCUT2D eigenvalue weighted by molar-refractivity contribution is 9.11. The number of hydrazone groups is 1. The van der Waals surface area contributed by atoms with E-state index in [0.717, 1.165) is 4.47 Å². The fourth-order valence-electron chi connectivity index (χ4n) is 2.03. The molecule has 0 saturated carbocycles. The smallest absolute Gasteiger partial charge is 0.343 e. The molecular formula is C19H17Br2N3O5. The second kappa shape index (κ2) is 11.3. The minimum atomic E-state index is -0.553. The zero-order valence-corrected chi connectivity index (χ0v) is 18.4. The summed E-state index contributed by atoms with van der Waals surface area (Å²) in [5.41, 5.74) is 3.54. The number of anilines is 1. The summed E-state index contributed by atoms with van der Waals surface area (Å²) >= 11 is 6.64. The number of nitrogens with zero attached hydrogens (tertiary/aromatic N) is 1. The van der Waals surface area contributed by atoms with Crippen LogP contribution in [-0.2, 0) is 19.1 Å². The number of esters is 1. The highest BCUT2D eigenvalue weighted by Gasteiger charge is 2.10. The molecule has 2 aromatic rings. The lowest BCUT2D eigenvalue weighted by Crippen LogP contribution is -2.24. The average molecular weight is 527 g/mol. The van der Waals surface area contributed by atoms with E-state index in [9.17, 15) is 14.4 Å². The number of hydrogen-bond donors (Lipinski definition) is 2. The lowest BCUT2D eigenvalue weighted by molar-refractivity contribution is -0.143. The van der Waals surface area contributed by atoms with Crippen molar-refractivity contribution in [1.82, 2.24) is 5.43 Å². The number of halogens is 2. The number of nitrogens with one attached hydrogen (secondary N) is 2. The molecule has 0 bridgehead atoms. The number of benzene rings is 2. The molecular weight excluding hydrogens is 510 g/mol. The molecule has 8 nitrogen and oxygen atoms in total. The van der Waals surface area contributed by atoms with Crippen molar-refractivity contribution in [1.29, 1.82) is 0 Å². The molecule has 0 unspecified atom stereocenters. The lowest BCUT2D eigenvalue weighted by Gasteiger charge is -2.07. The number of para-hydroxylation sites is 1. The molecule has 2 aromatic carbocycles. The van der Waals surface area contributed by atoms with Gasteiger partial charge in [0.05, 0.1) is 23.5 Å². The van der Waals surface area contributed by atoms with Gasteiger partial charge in [0, 0.05) is 4.47 Å². The van der Waals surface area contributed by atoms with Gasteiger partial charge in [0.2, 0.25) is 11.8 Å². The van der Waals surface area contributed by atoms with Gasteiger partial charge >= 0.3 is 5.97 Å². The SMILES string of the molecule is COC(=O)COc1ccc(C=NNC(=O)CC(=O)Nc2ccccc2Br)cc1Br. The third-order valence-corrected chi connectivity index (χ3v) is 4.71. The number of ether oxygens (including phenoxy) is 2. The second-order valence-corrected chi connectivity index (χ2v) is 7.26. The Labute approximate surface area is 183 Å². The Balaban J connectivity index is 1.83. The predicted molar refractivity (Wildman–Crippen MR) is 115 cm³/mol. The molecule has 0 aliphatic heterocycles. The Bertz CT molecular complexity index is 934. The van der Waals surface area contributed by atoms with Crippen LogP contribution < -0.4 is 15.5 Å². The van der Waals surface area contributed by atoms with Gasteiger partial charge in [-0.1, -0.05) is 12.1 Å². The number of hydrogen-bond acceptors (Lipinski definition) is 6. The molecule has 0 spiro atoms. The highest BCUT2D eigenvalue weighted by Crippen LogP contribution is 2.25. The first-order valence-electron chi connectivity index (χ1n) is 8.24. The van der Waals surface area contributed by atoms with Gasteiger partial charge < -0.3 is 14.8 Å². The average Bonchev–Trinajstić information content (AvgIpc) is 2.68. The van der Waals surface area contributed by atoms with Crippen LogP contribution in [0.5, 0.6) is 5.75 Å². The molecule has 10 heteroatoms. The fourth-order valence-corrected chi connectivity index (χ4v) is 2.93. The number of carbonyl (C=O) groups is 3. The van der Waals surface area contributed by atoms with E-state index in [-0.39, 0.29) is 13.0 Å². The van der Waals surface area contributed by atoms with Crippen molar-refractivity contribution < 1.29 is 23.9 Å². The zero-order valence-electron chi connectivity index (χ0n) is 15.3. The van der Waals surface area contributed by atoms with Crippen molar-refractivity contribution in [3.8, 4) is 5.75 Å². The molecule has 0 radical (unpaired) electrons. The summed E-state index contributed by atoms with van der Waals surface area (Å²) in [6.07, 6.45) is 1.04. The number of rotatable bonds is 8. The van der Waals surface area contributed by atoms with Gasteiger partial charge in [-0.3, -0.25) is 9.59 Å². The van der Waals surface area contributed by atoms with E-state index in [4.69, 9.17) is 4.74 Å². The molecule has 2 amide bonds. The Morgan fingerprint density at radius 3 is 2.52 bits per heavy atom. The Morgan fingerprint density at radius 2 is 1.83 bits per heavy atom. The number of methoxy groups -OCH3 is 1. The van der Waals surface area contributed by atoms with E-state index >= 15 is 0 Å². The maximum atomic E-state index is 11.9. The first kappa shape index (κ1) is 22.6. The molecule has 0 fully saturated rings. The van der Waals surface area contributed by atoms with Crippen LogP contribution in [0.1, 0.15) is 12.0 Å². The van der Waals surface area contributed by atoms with E-state index in [1.165, 1.54) is 13.3 Å². The van der Waals surface area contributed by atoms with Gasteiger partial charge in [0.1, 0.15) is 12.2 Å². The lowest BCUT2D eigenvalue weighted by atomic mass is 10.2. The monoisotopic (exact) mass is 525 g/mol. The number of carbonyl (C=O) groups excluding carboxylic acids is 3.